The zero-order valence-corrected chi connectivity index (χ0v) is 11.9. The van der Waals surface area contributed by atoms with E-state index in [4.69, 9.17) is 5.73 Å². The Labute approximate surface area is 115 Å². The Morgan fingerprint density at radius 2 is 2.05 bits per heavy atom. The van der Waals surface area contributed by atoms with Gasteiger partial charge in [-0.3, -0.25) is 0 Å². The fourth-order valence-electron chi connectivity index (χ4n) is 2.66. The van der Waals surface area contributed by atoms with E-state index in [-0.39, 0.29) is 11.9 Å². The molecule has 2 rings (SSSR count). The molecule has 1 aromatic carbocycles. The standard InChI is InChI=1S/C15H24FN3/c1-12(17)14-11-13(16)5-6-15(14)18(2)9-10-19-7-3-4-8-19/h5-6,11-12H,3-4,7-10,17H2,1-2H3/t12-/m1/s1. The minimum atomic E-state index is -0.219. The van der Waals surface area contributed by atoms with Crippen molar-refractivity contribution in [2.24, 2.45) is 5.73 Å². The van der Waals surface area contributed by atoms with Gasteiger partial charge in [-0.05, 0) is 56.6 Å². The van der Waals surface area contributed by atoms with E-state index >= 15 is 0 Å². The van der Waals surface area contributed by atoms with Crippen LogP contribution in [0.25, 0.3) is 0 Å². The highest BCUT2D eigenvalue weighted by atomic mass is 19.1. The SMILES string of the molecule is C[C@@H](N)c1cc(F)ccc1N(C)CCN1CCCC1. The van der Waals surface area contributed by atoms with E-state index < -0.39 is 0 Å². The van der Waals surface area contributed by atoms with Gasteiger partial charge in [-0.15, -0.1) is 0 Å². The predicted octanol–water partition coefficient (Wildman–Crippen LogP) is 2.38. The topological polar surface area (TPSA) is 32.5 Å². The zero-order valence-electron chi connectivity index (χ0n) is 11.9. The lowest BCUT2D eigenvalue weighted by atomic mass is 10.1. The van der Waals surface area contributed by atoms with Crippen molar-refractivity contribution < 1.29 is 4.39 Å². The maximum Gasteiger partial charge on any atom is 0.123 e. The Bertz CT molecular complexity index is 414. The summed E-state index contributed by atoms with van der Waals surface area (Å²) in [5.41, 5.74) is 7.85. The summed E-state index contributed by atoms with van der Waals surface area (Å²) in [5.74, 6) is -0.219. The van der Waals surface area contributed by atoms with Gasteiger partial charge in [-0.2, -0.15) is 0 Å². The van der Waals surface area contributed by atoms with Crippen molar-refractivity contribution in [3.63, 3.8) is 0 Å². The van der Waals surface area contributed by atoms with E-state index in [1.54, 1.807) is 6.07 Å². The van der Waals surface area contributed by atoms with Gasteiger partial charge in [0.15, 0.2) is 0 Å². The van der Waals surface area contributed by atoms with E-state index in [0.717, 1.165) is 24.3 Å². The largest absolute Gasteiger partial charge is 0.373 e. The number of halogens is 1. The van der Waals surface area contributed by atoms with E-state index in [2.05, 4.69) is 16.8 Å². The van der Waals surface area contributed by atoms with Gasteiger partial charge in [-0.1, -0.05) is 0 Å². The Morgan fingerprint density at radius 1 is 1.37 bits per heavy atom. The lowest BCUT2D eigenvalue weighted by Gasteiger charge is -2.26. The second-order valence-corrected chi connectivity index (χ2v) is 5.46. The Kier molecular flexibility index (Phi) is 4.77. The van der Waals surface area contributed by atoms with Gasteiger partial charge in [0.05, 0.1) is 0 Å². The quantitative estimate of drug-likeness (QED) is 0.887. The molecule has 0 spiro atoms. The van der Waals surface area contributed by atoms with Gasteiger partial charge >= 0.3 is 0 Å². The number of likely N-dealkylation sites (tertiary alicyclic amines) is 1. The van der Waals surface area contributed by atoms with Crippen molar-refractivity contribution in [3.8, 4) is 0 Å². The van der Waals surface area contributed by atoms with Gasteiger partial charge < -0.3 is 15.5 Å². The Hall–Kier alpha value is -1.13. The molecule has 106 valence electrons. The molecule has 1 aliphatic heterocycles. The first-order valence-electron chi connectivity index (χ1n) is 7.06. The molecule has 1 aromatic rings. The summed E-state index contributed by atoms with van der Waals surface area (Å²) in [6, 6.07) is 4.73. The number of rotatable bonds is 5. The van der Waals surface area contributed by atoms with Crippen molar-refractivity contribution in [1.82, 2.24) is 4.90 Å². The van der Waals surface area contributed by atoms with Crippen molar-refractivity contribution in [2.75, 3.05) is 38.1 Å². The molecule has 4 heteroatoms. The second-order valence-electron chi connectivity index (χ2n) is 5.46. The molecule has 2 N–H and O–H groups in total. The lowest BCUT2D eigenvalue weighted by Crippen LogP contribution is -2.32. The number of nitrogens with two attached hydrogens (primary N) is 1. The molecule has 0 amide bonds. The smallest absolute Gasteiger partial charge is 0.123 e. The van der Waals surface area contributed by atoms with E-state index in [0.29, 0.717) is 0 Å². The van der Waals surface area contributed by atoms with Crippen LogP contribution in [0.15, 0.2) is 18.2 Å². The van der Waals surface area contributed by atoms with Crippen LogP contribution >= 0.6 is 0 Å². The molecule has 19 heavy (non-hydrogen) atoms. The highest BCUT2D eigenvalue weighted by molar-refractivity contribution is 5.54. The molecule has 0 aromatic heterocycles. The van der Waals surface area contributed by atoms with Gasteiger partial charge in [0.25, 0.3) is 0 Å². The molecular weight excluding hydrogens is 241 g/mol. The normalized spacial score (nSPS) is 17.7. The second kappa shape index (κ2) is 6.35. The maximum absolute atomic E-state index is 13.3. The van der Waals surface area contributed by atoms with Crippen molar-refractivity contribution in [3.05, 3.63) is 29.6 Å². The molecule has 1 saturated heterocycles. The fourth-order valence-corrected chi connectivity index (χ4v) is 2.66. The van der Waals surface area contributed by atoms with Crippen LogP contribution in [-0.4, -0.2) is 38.1 Å². The number of hydrogen-bond acceptors (Lipinski definition) is 3. The van der Waals surface area contributed by atoms with E-state index in [1.807, 2.05) is 13.0 Å². The van der Waals surface area contributed by atoms with Crippen molar-refractivity contribution in [2.45, 2.75) is 25.8 Å². The molecule has 3 nitrogen and oxygen atoms in total. The Morgan fingerprint density at radius 3 is 2.68 bits per heavy atom. The third-order valence-electron chi connectivity index (χ3n) is 3.84. The average molecular weight is 265 g/mol. The van der Waals surface area contributed by atoms with Crippen LogP contribution in [0.5, 0.6) is 0 Å². The van der Waals surface area contributed by atoms with Gasteiger partial charge in [0.1, 0.15) is 5.82 Å². The van der Waals surface area contributed by atoms with Crippen LogP contribution in [0.1, 0.15) is 31.4 Å². The van der Waals surface area contributed by atoms with Crippen LogP contribution < -0.4 is 10.6 Å². The minimum Gasteiger partial charge on any atom is -0.373 e. The summed E-state index contributed by atoms with van der Waals surface area (Å²) in [6.07, 6.45) is 2.62. The van der Waals surface area contributed by atoms with E-state index in [1.165, 1.54) is 32.0 Å². The van der Waals surface area contributed by atoms with E-state index in [9.17, 15) is 4.39 Å². The highest BCUT2D eigenvalue weighted by Crippen LogP contribution is 2.25. The van der Waals surface area contributed by atoms with Gasteiger partial charge in [0, 0.05) is 31.9 Å². The summed E-state index contributed by atoms with van der Waals surface area (Å²) in [7, 11) is 2.05. The fraction of sp³-hybridized carbons (Fsp3) is 0.600. The first-order valence-corrected chi connectivity index (χ1v) is 7.06. The lowest BCUT2D eigenvalue weighted by molar-refractivity contribution is 0.346. The highest BCUT2D eigenvalue weighted by Gasteiger charge is 2.15. The minimum absolute atomic E-state index is 0.153. The zero-order chi connectivity index (χ0) is 13.8. The summed E-state index contributed by atoms with van der Waals surface area (Å²) in [4.78, 5) is 4.65. The summed E-state index contributed by atoms with van der Waals surface area (Å²) < 4.78 is 13.3. The first-order chi connectivity index (χ1) is 9.08. The molecule has 0 radical (unpaired) electrons. The average Bonchev–Trinajstić information content (AvgIpc) is 2.88. The number of anilines is 1. The summed E-state index contributed by atoms with van der Waals surface area (Å²) in [5, 5.41) is 0. The molecule has 1 aliphatic rings. The molecule has 0 saturated carbocycles. The van der Waals surface area contributed by atoms with Crippen LogP contribution in [0.2, 0.25) is 0 Å². The van der Waals surface area contributed by atoms with Crippen LogP contribution in [-0.2, 0) is 0 Å². The summed E-state index contributed by atoms with van der Waals surface area (Å²) in [6.45, 7) is 6.32. The molecular formula is C15H24FN3. The van der Waals surface area contributed by atoms with Crippen LogP contribution in [0.3, 0.4) is 0 Å². The van der Waals surface area contributed by atoms with Crippen molar-refractivity contribution in [1.29, 1.82) is 0 Å². The Balaban J connectivity index is 2.02. The van der Waals surface area contributed by atoms with Crippen LogP contribution in [0.4, 0.5) is 10.1 Å². The molecule has 1 atom stereocenters. The molecule has 0 bridgehead atoms. The van der Waals surface area contributed by atoms with Crippen LogP contribution in [0, 0.1) is 5.82 Å². The monoisotopic (exact) mass is 265 g/mol. The molecule has 0 unspecified atom stereocenters. The predicted molar refractivity (Wildman–Crippen MR) is 77.9 cm³/mol. The van der Waals surface area contributed by atoms with Crippen molar-refractivity contribution >= 4 is 5.69 Å². The van der Waals surface area contributed by atoms with Gasteiger partial charge in [-0.25, -0.2) is 4.39 Å². The first kappa shape index (κ1) is 14.3. The number of benzene rings is 1. The summed E-state index contributed by atoms with van der Waals surface area (Å²) >= 11 is 0. The third kappa shape index (κ3) is 3.67. The number of hydrogen-bond donors (Lipinski definition) is 1. The number of nitrogens with zero attached hydrogens (tertiary/aromatic N) is 2. The molecule has 0 aliphatic carbocycles. The number of likely N-dealkylation sites (N-methyl/N-ethyl adjacent to an activating group) is 1. The van der Waals surface area contributed by atoms with Gasteiger partial charge in [0.2, 0.25) is 0 Å². The molecule has 1 fully saturated rings. The molecule has 1 heterocycles. The maximum atomic E-state index is 13.3. The third-order valence-corrected chi connectivity index (χ3v) is 3.84.